The fourth-order valence-electron chi connectivity index (χ4n) is 6.90. The number of rotatable bonds is 23. The highest BCUT2D eigenvalue weighted by molar-refractivity contribution is 7.85. The topological polar surface area (TPSA) is 110 Å². The first-order valence-corrected chi connectivity index (χ1v) is 20.1. The van der Waals surface area contributed by atoms with E-state index in [1.165, 1.54) is 63.9 Å². The van der Waals surface area contributed by atoms with Crippen molar-refractivity contribution in [2.45, 2.75) is 97.8 Å². The number of ether oxygens (including phenoxy) is 1. The number of fused-ring (bicyclic) bond motifs is 4. The van der Waals surface area contributed by atoms with Crippen LogP contribution in [0.25, 0.3) is 33.3 Å². The van der Waals surface area contributed by atoms with E-state index in [2.05, 4.69) is 32.7 Å². The van der Waals surface area contributed by atoms with Crippen molar-refractivity contribution in [3.05, 3.63) is 52.7 Å². The molecule has 1 heterocycles. The van der Waals surface area contributed by atoms with Crippen LogP contribution in [-0.4, -0.2) is 74.6 Å². The molecule has 0 fully saturated rings. The molecule has 0 saturated heterocycles. The van der Waals surface area contributed by atoms with Crippen LogP contribution in [0.15, 0.2) is 51.7 Å². The second kappa shape index (κ2) is 18.7. The van der Waals surface area contributed by atoms with Crippen molar-refractivity contribution >= 4 is 37.7 Å². The maximum Gasteiger partial charge on any atom is 0.265 e. The van der Waals surface area contributed by atoms with Crippen molar-refractivity contribution in [3.63, 3.8) is 0 Å². The Balaban J connectivity index is 1.38. The minimum atomic E-state index is -3.98. The normalized spacial score (nSPS) is 13.3. The fourth-order valence-corrected chi connectivity index (χ4v) is 7.39. The van der Waals surface area contributed by atoms with Gasteiger partial charge in [-0.2, -0.15) is 8.42 Å². The minimum Gasteiger partial charge on any atom is -0.493 e. The van der Waals surface area contributed by atoms with Crippen LogP contribution >= 0.6 is 0 Å². The van der Waals surface area contributed by atoms with Gasteiger partial charge in [-0.15, -0.1) is 0 Å². The third-order valence-corrected chi connectivity index (χ3v) is 10.6. The summed E-state index contributed by atoms with van der Waals surface area (Å²) in [6.07, 6.45) is 13.9. The zero-order valence-electron chi connectivity index (χ0n) is 30.2. The van der Waals surface area contributed by atoms with Gasteiger partial charge in [0.15, 0.2) is 16.8 Å². The lowest BCUT2D eigenvalue weighted by molar-refractivity contribution is -0.910. The van der Waals surface area contributed by atoms with Crippen molar-refractivity contribution in [1.29, 1.82) is 0 Å². The van der Waals surface area contributed by atoms with Gasteiger partial charge in [-0.3, -0.25) is 9.35 Å². The van der Waals surface area contributed by atoms with Gasteiger partial charge in [-0.1, -0.05) is 58.3 Å². The minimum absolute atomic E-state index is 0.121. The number of hydrogen-bond donors (Lipinski definition) is 1. The largest absolute Gasteiger partial charge is 0.493 e. The Labute approximate surface area is 293 Å². The molecule has 0 aromatic heterocycles. The molecule has 49 heavy (non-hydrogen) atoms. The molecule has 1 unspecified atom stereocenters. The van der Waals surface area contributed by atoms with Crippen molar-refractivity contribution < 1.29 is 26.6 Å². The molecule has 0 bridgehead atoms. The summed E-state index contributed by atoms with van der Waals surface area (Å²) in [5.41, 5.74) is 2.92. The van der Waals surface area contributed by atoms with Crippen LogP contribution in [-0.2, 0) is 10.1 Å². The summed E-state index contributed by atoms with van der Waals surface area (Å²) in [4.78, 5) is 20.2. The van der Waals surface area contributed by atoms with Crippen molar-refractivity contribution in [1.82, 2.24) is 4.98 Å². The average molecular weight is 697 g/mol. The molecular weight excluding hydrogens is 639 g/mol. The lowest BCUT2D eigenvalue weighted by Gasteiger charge is -2.35. The predicted molar refractivity (Wildman–Crippen MR) is 202 cm³/mol. The van der Waals surface area contributed by atoms with Gasteiger partial charge in [0.25, 0.3) is 10.1 Å². The first-order valence-electron chi connectivity index (χ1n) is 18.5. The molecule has 1 N–H and O–H groups in total. The van der Waals surface area contributed by atoms with Crippen LogP contribution < -0.4 is 15.1 Å². The second-order valence-corrected chi connectivity index (χ2v) is 15.4. The Morgan fingerprint density at radius 3 is 2.12 bits per heavy atom. The first-order chi connectivity index (χ1) is 23.6. The Kier molecular flexibility index (Phi) is 14.7. The molecule has 9 nitrogen and oxygen atoms in total. The average Bonchev–Trinajstić information content (AvgIpc) is 3.07. The van der Waals surface area contributed by atoms with Crippen LogP contribution in [0.2, 0.25) is 0 Å². The zero-order chi connectivity index (χ0) is 35.3. The fraction of sp³-hybridized carbons (Fsp3) is 0.590. The molecule has 0 amide bonds. The van der Waals surface area contributed by atoms with Gasteiger partial charge in [0, 0.05) is 54.5 Å². The van der Waals surface area contributed by atoms with Gasteiger partial charge in [-0.05, 0) is 57.0 Å². The molecule has 1 aliphatic carbocycles. The lowest BCUT2D eigenvalue weighted by Crippen LogP contribution is -2.47. The van der Waals surface area contributed by atoms with Crippen LogP contribution in [0.4, 0.5) is 5.69 Å². The Morgan fingerprint density at radius 2 is 1.45 bits per heavy atom. The van der Waals surface area contributed by atoms with Crippen LogP contribution in [0, 0.1) is 0 Å². The number of unbranched alkanes of at least 4 members (excludes halogenated alkanes) is 9. The van der Waals surface area contributed by atoms with Crippen molar-refractivity contribution in [2.24, 2.45) is 0 Å². The predicted octanol–water partition coefficient (Wildman–Crippen LogP) is 8.71. The maximum atomic E-state index is 13.0. The molecule has 1 aliphatic heterocycles. The summed E-state index contributed by atoms with van der Waals surface area (Å²) in [6, 6.07) is 13.0. The van der Waals surface area contributed by atoms with E-state index in [0.29, 0.717) is 53.1 Å². The van der Waals surface area contributed by atoms with E-state index in [1.54, 1.807) is 6.07 Å². The van der Waals surface area contributed by atoms with Gasteiger partial charge < -0.3 is 18.5 Å². The number of anilines is 1. The van der Waals surface area contributed by atoms with Gasteiger partial charge in [-0.25, -0.2) is 4.98 Å². The molecule has 4 rings (SSSR count). The van der Waals surface area contributed by atoms with Crippen LogP contribution in [0.5, 0.6) is 5.75 Å². The standard InChI is InChI=1S/C39H57N3O6S/c1-5-8-9-10-11-12-13-14-15-16-23-42(4,25-18-27-49(44,45)46)24-17-26-47-32-20-21-33-34(29-32)39-38(30-36(33)43)48-37-28-31(41(6-2)7-3)19-22-35(37)40-39/h19-22,28-30H,5-18,23-27H2,1-4H3/p+1. The molecule has 0 radical (unpaired) electrons. The zero-order valence-corrected chi connectivity index (χ0v) is 31.0. The molecule has 2 aromatic rings. The van der Waals surface area contributed by atoms with Gasteiger partial charge >= 0.3 is 0 Å². The maximum absolute atomic E-state index is 13.0. The number of benzene rings is 3. The van der Waals surface area contributed by atoms with Gasteiger partial charge in [0.2, 0.25) is 0 Å². The smallest absolute Gasteiger partial charge is 0.265 e. The molecule has 2 aliphatic rings. The number of quaternary nitrogens is 1. The molecule has 1 atom stereocenters. The summed E-state index contributed by atoms with van der Waals surface area (Å²) in [6.45, 7) is 11.2. The molecule has 270 valence electrons. The summed E-state index contributed by atoms with van der Waals surface area (Å²) in [5, 5.41) is 1.27. The highest BCUT2D eigenvalue weighted by atomic mass is 32.2. The van der Waals surface area contributed by atoms with E-state index in [-0.39, 0.29) is 11.2 Å². The van der Waals surface area contributed by atoms with Crippen molar-refractivity contribution in [2.75, 3.05) is 57.0 Å². The molecular formula is C39H58N3O6S+. The summed E-state index contributed by atoms with van der Waals surface area (Å²) in [5.74, 6) is 0.895. The Hall–Kier alpha value is -3.21. The Morgan fingerprint density at radius 1 is 0.796 bits per heavy atom. The van der Waals surface area contributed by atoms with Gasteiger partial charge in [0.1, 0.15) is 17.0 Å². The monoisotopic (exact) mass is 696 g/mol. The van der Waals surface area contributed by atoms with E-state index in [1.807, 2.05) is 30.3 Å². The summed E-state index contributed by atoms with van der Waals surface area (Å²) >= 11 is 0. The van der Waals surface area contributed by atoms with E-state index < -0.39 is 10.1 Å². The quantitative estimate of drug-likeness (QED) is 0.0270. The highest BCUT2D eigenvalue weighted by Crippen LogP contribution is 2.33. The lowest BCUT2D eigenvalue weighted by atomic mass is 10.0. The third kappa shape index (κ3) is 11.7. The molecule has 2 aromatic carbocycles. The third-order valence-electron chi connectivity index (χ3n) is 9.79. The molecule has 0 saturated carbocycles. The second-order valence-electron chi connectivity index (χ2n) is 13.8. The van der Waals surface area contributed by atoms with Crippen LogP contribution in [0.1, 0.15) is 97.8 Å². The van der Waals surface area contributed by atoms with E-state index >= 15 is 0 Å². The number of nitrogens with zero attached hydrogens (tertiary/aromatic N) is 3. The van der Waals surface area contributed by atoms with Crippen molar-refractivity contribution in [3.8, 4) is 17.2 Å². The van der Waals surface area contributed by atoms with Crippen LogP contribution in [0.3, 0.4) is 0 Å². The SMILES string of the molecule is CCCCCCCCCCCC[N+](C)(CCCOc1ccc2c(=O)cc3oc4cc(N(CC)CC)ccc4nc-3c2c1)CCCS(=O)(=O)O. The first kappa shape index (κ1) is 38.6. The van der Waals surface area contributed by atoms with E-state index in [0.717, 1.165) is 54.7 Å². The highest BCUT2D eigenvalue weighted by Gasteiger charge is 2.22. The van der Waals surface area contributed by atoms with E-state index in [4.69, 9.17) is 14.1 Å². The molecule has 10 heteroatoms. The Bertz CT molecular complexity index is 1750. The summed E-state index contributed by atoms with van der Waals surface area (Å²) in [7, 11) is -1.80. The number of aromatic nitrogens is 1. The molecule has 0 spiro atoms. The summed E-state index contributed by atoms with van der Waals surface area (Å²) < 4.78 is 45.3. The van der Waals surface area contributed by atoms with Gasteiger partial charge in [0.05, 0.1) is 39.0 Å². The number of hydrogen-bond acceptors (Lipinski definition) is 7. The van der Waals surface area contributed by atoms with E-state index in [9.17, 15) is 17.8 Å².